The SMILES string of the molecule is CC1=CN=C2C=C(Oc3ccccc3)C=CC23C1CCN3CCc1ccc(Cl)cc1.Cl. The minimum absolute atomic E-state index is 0. The summed E-state index contributed by atoms with van der Waals surface area (Å²) in [6, 6.07) is 18.1. The number of halogens is 2. The monoisotopic (exact) mass is 452 g/mol. The Bertz CT molecular complexity index is 1060. The van der Waals surface area contributed by atoms with E-state index in [4.69, 9.17) is 21.3 Å². The van der Waals surface area contributed by atoms with Crippen LogP contribution in [0, 0.1) is 5.92 Å². The van der Waals surface area contributed by atoms with Crippen molar-refractivity contribution in [3.05, 3.63) is 101 Å². The van der Waals surface area contributed by atoms with Crippen LogP contribution in [0.25, 0.3) is 0 Å². The molecule has 2 aromatic rings. The van der Waals surface area contributed by atoms with Gasteiger partial charge in [-0.25, -0.2) is 0 Å². The molecule has 1 saturated heterocycles. The van der Waals surface area contributed by atoms with Gasteiger partial charge < -0.3 is 4.74 Å². The highest BCUT2D eigenvalue weighted by Gasteiger charge is 2.52. The zero-order chi connectivity index (χ0) is 20.6. The Morgan fingerprint density at radius 1 is 1.13 bits per heavy atom. The second-order valence-electron chi connectivity index (χ2n) is 8.21. The molecule has 2 unspecified atom stereocenters. The third-order valence-corrected chi connectivity index (χ3v) is 6.70. The van der Waals surface area contributed by atoms with Gasteiger partial charge in [-0.1, -0.05) is 48.0 Å². The first-order chi connectivity index (χ1) is 14.6. The molecule has 0 saturated carbocycles. The van der Waals surface area contributed by atoms with Gasteiger partial charge >= 0.3 is 0 Å². The van der Waals surface area contributed by atoms with Gasteiger partial charge in [0.2, 0.25) is 0 Å². The lowest BCUT2D eigenvalue weighted by Gasteiger charge is -2.44. The lowest BCUT2D eigenvalue weighted by atomic mass is 9.73. The van der Waals surface area contributed by atoms with E-state index in [1.807, 2.05) is 48.7 Å². The van der Waals surface area contributed by atoms with Crippen molar-refractivity contribution in [3.8, 4) is 5.75 Å². The number of hydrogen-bond acceptors (Lipinski definition) is 3. The number of ether oxygens (including phenoxy) is 1. The van der Waals surface area contributed by atoms with Crippen molar-refractivity contribution in [2.45, 2.75) is 25.3 Å². The Morgan fingerprint density at radius 2 is 1.90 bits per heavy atom. The molecule has 31 heavy (non-hydrogen) atoms. The fourth-order valence-electron chi connectivity index (χ4n) is 4.94. The number of nitrogens with zero attached hydrogens (tertiary/aromatic N) is 2. The van der Waals surface area contributed by atoms with Crippen LogP contribution in [0.15, 0.2) is 95.3 Å². The first-order valence-electron chi connectivity index (χ1n) is 10.5. The molecule has 1 spiro atoms. The fraction of sp³-hybridized carbons (Fsp3) is 0.269. The molecule has 3 aliphatic rings. The van der Waals surface area contributed by atoms with Crippen LogP contribution in [0.1, 0.15) is 18.9 Å². The van der Waals surface area contributed by atoms with Crippen molar-refractivity contribution in [2.24, 2.45) is 10.9 Å². The normalized spacial score (nSPS) is 24.3. The second-order valence-corrected chi connectivity index (χ2v) is 8.65. The van der Waals surface area contributed by atoms with Crippen molar-refractivity contribution in [1.82, 2.24) is 4.90 Å². The van der Waals surface area contributed by atoms with Crippen molar-refractivity contribution in [3.63, 3.8) is 0 Å². The van der Waals surface area contributed by atoms with Gasteiger partial charge in [0.05, 0.1) is 11.3 Å². The van der Waals surface area contributed by atoms with E-state index in [0.717, 1.165) is 48.2 Å². The molecule has 2 atom stereocenters. The Balaban J connectivity index is 0.00000231. The molecule has 2 aromatic carbocycles. The number of aliphatic imine (C=N–C) groups is 1. The quantitative estimate of drug-likeness (QED) is 0.534. The summed E-state index contributed by atoms with van der Waals surface area (Å²) in [6.07, 6.45) is 10.7. The molecular formula is C26H26Cl2N2O. The molecule has 0 N–H and O–H groups in total. The van der Waals surface area contributed by atoms with Crippen LogP contribution in [-0.4, -0.2) is 29.2 Å². The summed E-state index contributed by atoms with van der Waals surface area (Å²) in [5.41, 5.74) is 3.58. The van der Waals surface area contributed by atoms with Gasteiger partial charge in [-0.05, 0) is 61.2 Å². The minimum atomic E-state index is -0.172. The average molecular weight is 453 g/mol. The number of likely N-dealkylation sites (tertiary alicyclic amines) is 1. The highest BCUT2D eigenvalue weighted by Crippen LogP contribution is 2.46. The Labute approximate surface area is 195 Å². The molecule has 0 amide bonds. The summed E-state index contributed by atoms with van der Waals surface area (Å²) in [6.45, 7) is 4.26. The largest absolute Gasteiger partial charge is 0.457 e. The lowest BCUT2D eigenvalue weighted by molar-refractivity contribution is 0.225. The Hall–Kier alpha value is -2.33. The van der Waals surface area contributed by atoms with E-state index < -0.39 is 0 Å². The average Bonchev–Trinajstić information content (AvgIpc) is 3.14. The maximum atomic E-state index is 6.09. The van der Waals surface area contributed by atoms with Crippen LogP contribution in [0.3, 0.4) is 0 Å². The summed E-state index contributed by atoms with van der Waals surface area (Å²) < 4.78 is 6.09. The summed E-state index contributed by atoms with van der Waals surface area (Å²) in [5, 5.41) is 0.785. The van der Waals surface area contributed by atoms with Crippen LogP contribution < -0.4 is 4.74 Å². The summed E-state index contributed by atoms with van der Waals surface area (Å²) in [4.78, 5) is 7.45. The van der Waals surface area contributed by atoms with E-state index in [-0.39, 0.29) is 17.9 Å². The maximum absolute atomic E-state index is 6.09. The molecule has 0 aromatic heterocycles. The predicted molar refractivity (Wildman–Crippen MR) is 130 cm³/mol. The molecule has 0 radical (unpaired) electrons. The molecular weight excluding hydrogens is 427 g/mol. The van der Waals surface area contributed by atoms with Gasteiger partial charge in [-0.15, -0.1) is 12.4 Å². The predicted octanol–water partition coefficient (Wildman–Crippen LogP) is 6.26. The first kappa shape index (κ1) is 21.9. The fourth-order valence-corrected chi connectivity index (χ4v) is 5.07. The van der Waals surface area contributed by atoms with Crippen molar-refractivity contribution < 1.29 is 4.74 Å². The van der Waals surface area contributed by atoms with Crippen LogP contribution in [0.4, 0.5) is 0 Å². The second kappa shape index (κ2) is 9.04. The van der Waals surface area contributed by atoms with Crippen LogP contribution >= 0.6 is 24.0 Å². The van der Waals surface area contributed by atoms with Gasteiger partial charge in [0.25, 0.3) is 0 Å². The Kier molecular flexibility index (Phi) is 6.38. The van der Waals surface area contributed by atoms with Crippen LogP contribution in [-0.2, 0) is 6.42 Å². The maximum Gasteiger partial charge on any atom is 0.129 e. The highest BCUT2D eigenvalue weighted by molar-refractivity contribution is 6.30. The third-order valence-electron chi connectivity index (χ3n) is 6.45. The molecule has 5 heteroatoms. The smallest absolute Gasteiger partial charge is 0.129 e. The number of hydrogen-bond donors (Lipinski definition) is 0. The molecule has 1 fully saturated rings. The number of rotatable bonds is 5. The van der Waals surface area contributed by atoms with E-state index in [1.165, 1.54) is 11.1 Å². The summed E-state index contributed by atoms with van der Waals surface area (Å²) >= 11 is 6.05. The van der Waals surface area contributed by atoms with Crippen molar-refractivity contribution in [2.75, 3.05) is 13.1 Å². The standard InChI is InChI=1S/C26H25ClN2O.ClH/c1-19-18-28-25-17-23(30-22-5-3-2-4-6-22)11-14-26(25)24(19)13-16-29(26)15-12-20-7-9-21(27)10-8-20;/h2-11,14,17-18,24H,12-13,15-16H2,1H3;1H. The van der Waals surface area contributed by atoms with Gasteiger partial charge in [-0.3, -0.25) is 9.89 Å². The van der Waals surface area contributed by atoms with E-state index in [0.29, 0.717) is 5.92 Å². The summed E-state index contributed by atoms with van der Waals surface area (Å²) in [7, 11) is 0. The van der Waals surface area contributed by atoms with E-state index in [2.05, 4.69) is 42.2 Å². The van der Waals surface area contributed by atoms with E-state index in [1.54, 1.807) is 0 Å². The number of benzene rings is 2. The van der Waals surface area contributed by atoms with E-state index >= 15 is 0 Å². The summed E-state index contributed by atoms with van der Waals surface area (Å²) in [5.74, 6) is 2.14. The van der Waals surface area contributed by atoms with E-state index in [9.17, 15) is 0 Å². The van der Waals surface area contributed by atoms with Crippen molar-refractivity contribution in [1.29, 1.82) is 0 Å². The van der Waals surface area contributed by atoms with Gasteiger partial charge in [0, 0.05) is 36.3 Å². The van der Waals surface area contributed by atoms with Crippen LogP contribution in [0.2, 0.25) is 5.02 Å². The zero-order valence-electron chi connectivity index (χ0n) is 17.5. The number of para-hydroxylation sites is 1. The lowest BCUT2D eigenvalue weighted by Crippen LogP contribution is -2.55. The first-order valence-corrected chi connectivity index (χ1v) is 10.9. The van der Waals surface area contributed by atoms with Crippen molar-refractivity contribution >= 4 is 29.7 Å². The molecule has 2 aliphatic heterocycles. The Morgan fingerprint density at radius 3 is 2.68 bits per heavy atom. The minimum Gasteiger partial charge on any atom is -0.457 e. The molecule has 5 rings (SSSR count). The topological polar surface area (TPSA) is 24.8 Å². The highest BCUT2D eigenvalue weighted by atomic mass is 35.5. The molecule has 1 aliphatic carbocycles. The van der Waals surface area contributed by atoms with Gasteiger partial charge in [0.1, 0.15) is 11.5 Å². The van der Waals surface area contributed by atoms with Crippen LogP contribution in [0.5, 0.6) is 5.75 Å². The third kappa shape index (κ3) is 4.10. The zero-order valence-corrected chi connectivity index (χ0v) is 19.1. The van der Waals surface area contributed by atoms with Gasteiger partial charge in [0.15, 0.2) is 0 Å². The molecule has 0 bridgehead atoms. The molecule has 2 heterocycles. The van der Waals surface area contributed by atoms with Gasteiger partial charge in [-0.2, -0.15) is 0 Å². The molecule has 3 nitrogen and oxygen atoms in total. The number of allylic oxidation sites excluding steroid dienone is 1. The molecule has 160 valence electrons.